The van der Waals surface area contributed by atoms with Crippen LogP contribution in [0.5, 0.6) is 0 Å². The molecule has 1 aliphatic rings. The van der Waals surface area contributed by atoms with Gasteiger partial charge in [-0.3, -0.25) is 14.9 Å². The molecule has 0 aromatic heterocycles. The topological polar surface area (TPSA) is 83.7 Å². The SMILES string of the molecule is O=C(c1cccc([N+](=O)[O-])c1)N(CC(O)c1ccc(F)cc1)C1CC1. The Bertz CT molecular complexity index is 790. The van der Waals surface area contributed by atoms with Gasteiger partial charge >= 0.3 is 0 Å². The van der Waals surface area contributed by atoms with Crippen LogP contribution in [0.4, 0.5) is 10.1 Å². The van der Waals surface area contributed by atoms with Crippen molar-refractivity contribution >= 4 is 11.6 Å². The summed E-state index contributed by atoms with van der Waals surface area (Å²) in [7, 11) is 0. The first-order chi connectivity index (χ1) is 12.0. The molecule has 1 aliphatic carbocycles. The summed E-state index contributed by atoms with van der Waals surface area (Å²) < 4.78 is 13.0. The number of halogens is 1. The van der Waals surface area contributed by atoms with Crippen molar-refractivity contribution in [3.63, 3.8) is 0 Å². The van der Waals surface area contributed by atoms with E-state index in [2.05, 4.69) is 0 Å². The Kier molecular flexibility index (Phi) is 4.76. The summed E-state index contributed by atoms with van der Waals surface area (Å²) in [6.45, 7) is 0.0534. The number of amides is 1. The van der Waals surface area contributed by atoms with Crippen molar-refractivity contribution in [2.75, 3.05) is 6.54 Å². The Labute approximate surface area is 143 Å². The number of carbonyl (C=O) groups excluding carboxylic acids is 1. The molecule has 0 spiro atoms. The van der Waals surface area contributed by atoms with Crippen molar-refractivity contribution in [2.45, 2.75) is 25.0 Å². The van der Waals surface area contributed by atoms with Crippen LogP contribution in [-0.2, 0) is 0 Å². The van der Waals surface area contributed by atoms with E-state index in [1.807, 2.05) is 0 Å². The number of aliphatic hydroxyl groups is 1. The minimum atomic E-state index is -0.955. The van der Waals surface area contributed by atoms with Crippen molar-refractivity contribution in [1.29, 1.82) is 0 Å². The highest BCUT2D eigenvalue weighted by Crippen LogP contribution is 2.31. The normalized spacial score (nSPS) is 14.8. The van der Waals surface area contributed by atoms with Gasteiger partial charge in [0.15, 0.2) is 0 Å². The standard InChI is InChI=1S/C18H17FN2O4/c19-14-6-4-12(5-7-14)17(22)11-20(15-8-9-15)18(23)13-2-1-3-16(10-13)21(24)25/h1-7,10,15,17,22H,8-9,11H2. The van der Waals surface area contributed by atoms with Crippen LogP contribution in [0.2, 0.25) is 0 Å². The molecule has 6 nitrogen and oxygen atoms in total. The zero-order valence-electron chi connectivity index (χ0n) is 13.3. The predicted octanol–water partition coefficient (Wildman–Crippen LogP) is 3.07. The van der Waals surface area contributed by atoms with Gasteiger partial charge in [-0.25, -0.2) is 4.39 Å². The van der Waals surface area contributed by atoms with Gasteiger partial charge in [-0.1, -0.05) is 18.2 Å². The minimum absolute atomic E-state index is 0.0156. The van der Waals surface area contributed by atoms with Crippen LogP contribution in [0.15, 0.2) is 48.5 Å². The van der Waals surface area contributed by atoms with Crippen molar-refractivity contribution in [2.24, 2.45) is 0 Å². The monoisotopic (exact) mass is 344 g/mol. The molecule has 0 radical (unpaired) electrons. The maximum absolute atomic E-state index is 13.0. The molecule has 2 aromatic carbocycles. The molecule has 1 N–H and O–H groups in total. The average molecular weight is 344 g/mol. The van der Waals surface area contributed by atoms with Gasteiger partial charge < -0.3 is 10.0 Å². The largest absolute Gasteiger partial charge is 0.387 e. The van der Waals surface area contributed by atoms with E-state index >= 15 is 0 Å². The smallest absolute Gasteiger partial charge is 0.270 e. The van der Waals surface area contributed by atoms with Gasteiger partial charge in [0.2, 0.25) is 0 Å². The summed E-state index contributed by atoms with van der Waals surface area (Å²) in [5.74, 6) is -0.755. The first-order valence-corrected chi connectivity index (χ1v) is 7.94. The van der Waals surface area contributed by atoms with Crippen molar-refractivity contribution < 1.29 is 19.2 Å². The molecule has 0 heterocycles. The van der Waals surface area contributed by atoms with Gasteiger partial charge in [-0.15, -0.1) is 0 Å². The lowest BCUT2D eigenvalue weighted by molar-refractivity contribution is -0.384. The number of nitro groups is 1. The van der Waals surface area contributed by atoms with Crippen LogP contribution < -0.4 is 0 Å². The lowest BCUT2D eigenvalue weighted by Crippen LogP contribution is -2.36. The summed E-state index contributed by atoms with van der Waals surface area (Å²) in [6, 6.07) is 11.0. The molecule has 0 saturated heterocycles. The third-order valence-corrected chi connectivity index (χ3v) is 4.18. The molecule has 130 valence electrons. The maximum Gasteiger partial charge on any atom is 0.270 e. The van der Waals surface area contributed by atoms with E-state index in [-0.39, 0.29) is 29.7 Å². The summed E-state index contributed by atoms with van der Waals surface area (Å²) in [4.78, 5) is 24.6. The number of non-ortho nitro benzene ring substituents is 1. The highest BCUT2D eigenvalue weighted by molar-refractivity contribution is 5.95. The highest BCUT2D eigenvalue weighted by Gasteiger charge is 2.34. The Morgan fingerprint density at radius 3 is 2.56 bits per heavy atom. The van der Waals surface area contributed by atoms with Gasteiger partial charge in [-0.2, -0.15) is 0 Å². The van der Waals surface area contributed by atoms with Crippen molar-refractivity contribution in [3.05, 3.63) is 75.6 Å². The third-order valence-electron chi connectivity index (χ3n) is 4.18. The number of nitro benzene ring substituents is 1. The first-order valence-electron chi connectivity index (χ1n) is 7.94. The van der Waals surface area contributed by atoms with Crippen LogP contribution >= 0.6 is 0 Å². The molecule has 1 atom stereocenters. The van der Waals surface area contributed by atoms with Crippen LogP contribution in [0.1, 0.15) is 34.9 Å². The van der Waals surface area contributed by atoms with Crippen molar-refractivity contribution in [3.8, 4) is 0 Å². The molecule has 3 rings (SSSR count). The quantitative estimate of drug-likeness (QED) is 0.645. The Balaban J connectivity index is 1.79. The van der Waals surface area contributed by atoms with E-state index < -0.39 is 16.8 Å². The minimum Gasteiger partial charge on any atom is -0.387 e. The van der Waals surface area contributed by atoms with Gasteiger partial charge in [0.25, 0.3) is 11.6 Å². The molecular formula is C18H17FN2O4. The van der Waals surface area contributed by atoms with Gasteiger partial charge in [0.1, 0.15) is 5.82 Å². The van der Waals surface area contributed by atoms with Crippen LogP contribution in [0.3, 0.4) is 0 Å². The molecule has 1 saturated carbocycles. The number of carbonyl (C=O) groups is 1. The first kappa shape index (κ1) is 17.0. The molecule has 2 aromatic rings. The number of hydrogen-bond acceptors (Lipinski definition) is 4. The van der Waals surface area contributed by atoms with E-state index in [1.54, 1.807) is 0 Å². The fourth-order valence-electron chi connectivity index (χ4n) is 2.68. The highest BCUT2D eigenvalue weighted by atomic mass is 19.1. The molecular weight excluding hydrogens is 327 g/mol. The number of hydrogen-bond donors (Lipinski definition) is 1. The van der Waals surface area contributed by atoms with E-state index in [9.17, 15) is 24.4 Å². The van der Waals surface area contributed by atoms with E-state index in [4.69, 9.17) is 0 Å². The molecule has 1 unspecified atom stereocenters. The summed E-state index contributed by atoms with van der Waals surface area (Å²) in [5.41, 5.74) is 0.576. The van der Waals surface area contributed by atoms with Crippen LogP contribution in [0, 0.1) is 15.9 Å². The number of rotatable bonds is 6. The van der Waals surface area contributed by atoms with E-state index in [0.29, 0.717) is 5.56 Å². The second kappa shape index (κ2) is 6.98. The van der Waals surface area contributed by atoms with Crippen LogP contribution in [-0.4, -0.2) is 33.4 Å². The molecule has 0 bridgehead atoms. The zero-order valence-corrected chi connectivity index (χ0v) is 13.3. The fraction of sp³-hybridized carbons (Fsp3) is 0.278. The van der Waals surface area contributed by atoms with Gasteiger partial charge in [-0.05, 0) is 36.6 Å². The number of benzene rings is 2. The molecule has 7 heteroatoms. The average Bonchev–Trinajstić information content (AvgIpc) is 3.44. The second-order valence-corrected chi connectivity index (χ2v) is 6.06. The zero-order chi connectivity index (χ0) is 18.0. The lowest BCUT2D eigenvalue weighted by atomic mass is 10.1. The molecule has 1 amide bonds. The van der Waals surface area contributed by atoms with E-state index in [1.165, 1.54) is 53.4 Å². The van der Waals surface area contributed by atoms with Gasteiger partial charge in [0.05, 0.1) is 17.6 Å². The number of aliphatic hydroxyl groups excluding tert-OH is 1. The molecule has 0 aliphatic heterocycles. The van der Waals surface area contributed by atoms with Crippen LogP contribution in [0.25, 0.3) is 0 Å². The fourth-order valence-corrected chi connectivity index (χ4v) is 2.68. The van der Waals surface area contributed by atoms with Gasteiger partial charge in [0, 0.05) is 23.7 Å². The Morgan fingerprint density at radius 1 is 1.28 bits per heavy atom. The predicted molar refractivity (Wildman–Crippen MR) is 88.5 cm³/mol. The molecule has 1 fully saturated rings. The lowest BCUT2D eigenvalue weighted by Gasteiger charge is -2.25. The van der Waals surface area contributed by atoms with E-state index in [0.717, 1.165) is 12.8 Å². The Morgan fingerprint density at radius 2 is 1.96 bits per heavy atom. The maximum atomic E-state index is 13.0. The van der Waals surface area contributed by atoms with Crippen molar-refractivity contribution in [1.82, 2.24) is 4.90 Å². The Hall–Kier alpha value is -2.80. The second-order valence-electron chi connectivity index (χ2n) is 6.06. The summed E-state index contributed by atoms with van der Waals surface area (Å²) >= 11 is 0. The number of nitrogens with zero attached hydrogens (tertiary/aromatic N) is 2. The summed E-state index contributed by atoms with van der Waals surface area (Å²) in [6.07, 6.45) is 0.706. The molecule has 25 heavy (non-hydrogen) atoms. The summed E-state index contributed by atoms with van der Waals surface area (Å²) in [5, 5.41) is 21.3. The third kappa shape index (κ3) is 4.00.